The lowest BCUT2D eigenvalue weighted by molar-refractivity contribution is -0.133. The average Bonchev–Trinajstić information content (AvgIpc) is 2.47. The van der Waals surface area contributed by atoms with Crippen molar-refractivity contribution in [2.45, 2.75) is 13.3 Å². The molecule has 0 atom stereocenters. The van der Waals surface area contributed by atoms with Gasteiger partial charge in [0, 0.05) is 6.42 Å². The maximum absolute atomic E-state index is 12.5. The van der Waals surface area contributed by atoms with Gasteiger partial charge in [-0.3, -0.25) is 9.59 Å². The largest absolute Gasteiger partial charge is 0.456 e. The number of fused-ring (bicyclic) bond motifs is 2. The van der Waals surface area contributed by atoms with Gasteiger partial charge in [0.2, 0.25) is 5.43 Å². The van der Waals surface area contributed by atoms with E-state index in [2.05, 4.69) is 0 Å². The van der Waals surface area contributed by atoms with Crippen LogP contribution in [0.1, 0.15) is 13.3 Å². The summed E-state index contributed by atoms with van der Waals surface area (Å²) >= 11 is 0. The highest BCUT2D eigenvalue weighted by Crippen LogP contribution is 2.26. The maximum Gasteiger partial charge on any atom is 0.310 e. The van der Waals surface area contributed by atoms with Gasteiger partial charge in [0.15, 0.2) is 0 Å². The number of hydrogen-bond acceptors (Lipinski definition) is 4. The summed E-state index contributed by atoms with van der Waals surface area (Å²) in [5, 5.41) is 0.771. The number of esters is 1. The van der Waals surface area contributed by atoms with E-state index < -0.39 is 0 Å². The van der Waals surface area contributed by atoms with Gasteiger partial charge in [-0.1, -0.05) is 25.1 Å². The highest BCUT2D eigenvalue weighted by molar-refractivity contribution is 5.94. The molecule has 1 aromatic heterocycles. The van der Waals surface area contributed by atoms with Crippen molar-refractivity contribution in [1.29, 1.82) is 0 Å². The fraction of sp³-hybridized carbons (Fsp3) is 0.125. The highest BCUT2D eigenvalue weighted by Gasteiger charge is 2.13. The third kappa shape index (κ3) is 1.95. The van der Waals surface area contributed by atoms with E-state index in [4.69, 9.17) is 9.15 Å². The first-order valence-corrected chi connectivity index (χ1v) is 6.36. The Hall–Kier alpha value is -2.62. The van der Waals surface area contributed by atoms with Crippen LogP contribution in [0.3, 0.4) is 0 Å². The molecule has 0 saturated carbocycles. The molecular weight excluding hydrogens is 256 g/mol. The number of benzene rings is 2. The zero-order chi connectivity index (χ0) is 14.1. The molecule has 0 N–H and O–H groups in total. The van der Waals surface area contributed by atoms with E-state index in [0.29, 0.717) is 21.9 Å². The van der Waals surface area contributed by atoms with Crippen LogP contribution in [0.2, 0.25) is 0 Å². The van der Waals surface area contributed by atoms with Crippen molar-refractivity contribution in [3.8, 4) is 5.75 Å². The molecule has 0 unspecified atom stereocenters. The summed E-state index contributed by atoms with van der Waals surface area (Å²) in [4.78, 5) is 24.0. The molecule has 0 aliphatic rings. The zero-order valence-corrected chi connectivity index (χ0v) is 10.9. The van der Waals surface area contributed by atoms with Crippen LogP contribution >= 0.6 is 0 Å². The van der Waals surface area contributed by atoms with Crippen LogP contribution in [0.25, 0.3) is 21.9 Å². The minimum Gasteiger partial charge on any atom is -0.456 e. The summed E-state index contributed by atoms with van der Waals surface area (Å²) < 4.78 is 10.9. The number of carbonyl (C=O) groups is 1. The van der Waals surface area contributed by atoms with E-state index in [1.54, 1.807) is 49.4 Å². The number of carbonyl (C=O) groups excluding carboxylic acids is 1. The van der Waals surface area contributed by atoms with E-state index in [9.17, 15) is 9.59 Å². The molecule has 0 aliphatic heterocycles. The topological polar surface area (TPSA) is 56.5 Å². The summed E-state index contributed by atoms with van der Waals surface area (Å²) in [5.74, 6) is -0.140. The fourth-order valence-electron chi connectivity index (χ4n) is 2.10. The molecule has 0 aliphatic carbocycles. The Morgan fingerprint density at radius 3 is 2.65 bits per heavy atom. The molecule has 3 rings (SSSR count). The molecule has 0 fully saturated rings. The third-order valence-electron chi connectivity index (χ3n) is 3.08. The third-order valence-corrected chi connectivity index (χ3v) is 3.08. The summed E-state index contributed by atoms with van der Waals surface area (Å²) in [6.45, 7) is 1.70. The molecule has 3 aromatic rings. The summed E-state index contributed by atoms with van der Waals surface area (Å²) in [6, 6.07) is 12.0. The molecule has 0 bridgehead atoms. The first kappa shape index (κ1) is 12.4. The molecule has 2 aromatic carbocycles. The maximum atomic E-state index is 12.5. The van der Waals surface area contributed by atoms with Crippen molar-refractivity contribution in [1.82, 2.24) is 0 Å². The normalized spacial score (nSPS) is 10.8. The van der Waals surface area contributed by atoms with Crippen molar-refractivity contribution in [2.75, 3.05) is 0 Å². The van der Waals surface area contributed by atoms with Crippen LogP contribution in [0, 0.1) is 0 Å². The van der Waals surface area contributed by atoms with Crippen LogP contribution in [-0.4, -0.2) is 5.97 Å². The zero-order valence-electron chi connectivity index (χ0n) is 10.9. The monoisotopic (exact) mass is 268 g/mol. The van der Waals surface area contributed by atoms with Crippen LogP contribution in [-0.2, 0) is 4.79 Å². The van der Waals surface area contributed by atoms with Gasteiger partial charge >= 0.3 is 5.97 Å². The van der Waals surface area contributed by atoms with Gasteiger partial charge in [-0.05, 0) is 24.3 Å². The van der Waals surface area contributed by atoms with Crippen LogP contribution in [0.4, 0.5) is 0 Å². The molecule has 4 heteroatoms. The Morgan fingerprint density at radius 2 is 1.85 bits per heavy atom. The Morgan fingerprint density at radius 1 is 1.10 bits per heavy atom. The van der Waals surface area contributed by atoms with Crippen molar-refractivity contribution >= 4 is 27.9 Å². The average molecular weight is 268 g/mol. The molecule has 100 valence electrons. The van der Waals surface area contributed by atoms with Gasteiger partial charge < -0.3 is 9.15 Å². The molecule has 0 radical (unpaired) electrons. The van der Waals surface area contributed by atoms with Crippen LogP contribution in [0.15, 0.2) is 51.7 Å². The van der Waals surface area contributed by atoms with Gasteiger partial charge in [0.05, 0.1) is 5.39 Å². The van der Waals surface area contributed by atoms with Crippen LogP contribution in [0.5, 0.6) is 5.75 Å². The van der Waals surface area contributed by atoms with Gasteiger partial charge in [-0.2, -0.15) is 0 Å². The molecular formula is C16H12O4. The van der Waals surface area contributed by atoms with Gasteiger partial charge in [-0.25, -0.2) is 0 Å². The Balaban J connectivity index is 2.35. The molecule has 0 spiro atoms. The lowest BCUT2D eigenvalue weighted by Gasteiger charge is -2.07. The van der Waals surface area contributed by atoms with Crippen molar-refractivity contribution in [2.24, 2.45) is 0 Å². The minimum absolute atomic E-state index is 0.193. The fourth-order valence-corrected chi connectivity index (χ4v) is 2.10. The molecule has 0 saturated heterocycles. The Labute approximate surface area is 114 Å². The predicted octanol–water partition coefficient (Wildman–Crippen LogP) is 3.26. The molecule has 1 heterocycles. The second-order valence-electron chi connectivity index (χ2n) is 4.38. The highest BCUT2D eigenvalue weighted by atomic mass is 16.5. The molecule has 4 nitrogen and oxygen atoms in total. The van der Waals surface area contributed by atoms with Crippen LogP contribution < -0.4 is 10.2 Å². The summed E-state index contributed by atoms with van der Waals surface area (Å²) in [6.07, 6.45) is 0.245. The van der Waals surface area contributed by atoms with Crippen molar-refractivity contribution in [3.05, 3.63) is 52.7 Å². The Kier molecular flexibility index (Phi) is 2.99. The number of para-hydroxylation sites is 1. The number of hydrogen-bond donors (Lipinski definition) is 0. The SMILES string of the molecule is CCC(=O)Oc1cccc2oc3ccccc3c(=O)c12. The van der Waals surface area contributed by atoms with E-state index in [1.165, 1.54) is 0 Å². The first-order chi connectivity index (χ1) is 9.70. The van der Waals surface area contributed by atoms with E-state index in [-0.39, 0.29) is 23.6 Å². The van der Waals surface area contributed by atoms with Gasteiger partial charge in [0.25, 0.3) is 0 Å². The van der Waals surface area contributed by atoms with Crippen molar-refractivity contribution < 1.29 is 13.9 Å². The standard InChI is InChI=1S/C16H12O4/c1-2-14(17)20-13-9-5-8-12-15(13)16(18)10-6-3-4-7-11(10)19-12/h3-9H,2H2,1H3. The summed E-state index contributed by atoms with van der Waals surface area (Å²) in [5.41, 5.74) is 0.737. The second kappa shape index (κ2) is 4.81. The summed E-state index contributed by atoms with van der Waals surface area (Å²) in [7, 11) is 0. The minimum atomic E-state index is -0.384. The quantitative estimate of drug-likeness (QED) is 0.406. The second-order valence-corrected chi connectivity index (χ2v) is 4.38. The molecule has 20 heavy (non-hydrogen) atoms. The number of rotatable bonds is 2. The Bertz CT molecular complexity index is 861. The molecule has 0 amide bonds. The van der Waals surface area contributed by atoms with E-state index in [0.717, 1.165) is 0 Å². The van der Waals surface area contributed by atoms with Crippen molar-refractivity contribution in [3.63, 3.8) is 0 Å². The number of ether oxygens (including phenoxy) is 1. The predicted molar refractivity (Wildman–Crippen MR) is 75.9 cm³/mol. The first-order valence-electron chi connectivity index (χ1n) is 6.36. The smallest absolute Gasteiger partial charge is 0.310 e. The van der Waals surface area contributed by atoms with E-state index >= 15 is 0 Å². The van der Waals surface area contributed by atoms with E-state index in [1.807, 2.05) is 0 Å². The van der Waals surface area contributed by atoms with Gasteiger partial charge in [0.1, 0.15) is 22.3 Å². The lowest BCUT2D eigenvalue weighted by atomic mass is 10.1. The lowest BCUT2D eigenvalue weighted by Crippen LogP contribution is -2.09. The van der Waals surface area contributed by atoms with Gasteiger partial charge in [-0.15, -0.1) is 0 Å².